The predicted molar refractivity (Wildman–Crippen MR) is 142 cm³/mol. The predicted octanol–water partition coefficient (Wildman–Crippen LogP) is 5.65. The molecule has 3 rings (SSSR count). The summed E-state index contributed by atoms with van der Waals surface area (Å²) in [6.45, 7) is 3.80. The highest BCUT2D eigenvalue weighted by molar-refractivity contribution is 9.10. The number of ether oxygens (including phenoxy) is 2. The van der Waals surface area contributed by atoms with Crippen molar-refractivity contribution in [3.8, 4) is 17.6 Å². The maximum atomic E-state index is 12.7. The highest BCUT2D eigenvalue weighted by Gasteiger charge is 2.17. The van der Waals surface area contributed by atoms with Crippen molar-refractivity contribution in [1.82, 2.24) is 5.32 Å². The Morgan fingerprint density at radius 3 is 2.36 bits per heavy atom. The van der Waals surface area contributed by atoms with Gasteiger partial charge in [-0.2, -0.15) is 5.26 Å². The minimum atomic E-state index is -0.485. The summed E-state index contributed by atoms with van der Waals surface area (Å²) in [5.41, 5.74) is 2.11. The minimum Gasteiger partial charge on any atom is -0.490 e. The molecule has 0 spiro atoms. The zero-order chi connectivity index (χ0) is 25.9. The summed E-state index contributed by atoms with van der Waals surface area (Å²) in [6, 6.07) is 23.6. The average Bonchev–Trinajstić information content (AvgIpc) is 2.88. The van der Waals surface area contributed by atoms with E-state index in [4.69, 9.17) is 9.47 Å². The first-order valence-electron chi connectivity index (χ1n) is 11.3. The Morgan fingerprint density at radius 1 is 1.06 bits per heavy atom. The molecule has 184 valence electrons. The lowest BCUT2D eigenvalue weighted by Gasteiger charge is -2.15. The van der Waals surface area contributed by atoms with Crippen LogP contribution in [0, 0.1) is 11.3 Å². The van der Waals surface area contributed by atoms with Crippen LogP contribution in [0.15, 0.2) is 82.8 Å². The number of nitrogens with zero attached hydrogens (tertiary/aromatic N) is 1. The van der Waals surface area contributed by atoms with E-state index in [0.717, 1.165) is 5.56 Å². The Bertz CT molecular complexity index is 1270. The van der Waals surface area contributed by atoms with Crippen LogP contribution in [0.5, 0.6) is 11.5 Å². The van der Waals surface area contributed by atoms with Crippen molar-refractivity contribution in [1.29, 1.82) is 5.26 Å². The van der Waals surface area contributed by atoms with Crippen LogP contribution in [0.1, 0.15) is 31.0 Å². The molecule has 0 saturated heterocycles. The van der Waals surface area contributed by atoms with E-state index in [2.05, 4.69) is 26.6 Å². The summed E-state index contributed by atoms with van der Waals surface area (Å²) < 4.78 is 12.0. The molecule has 0 fully saturated rings. The quantitative estimate of drug-likeness (QED) is 0.252. The molecule has 7 nitrogen and oxygen atoms in total. The maximum absolute atomic E-state index is 12.7. The van der Waals surface area contributed by atoms with Gasteiger partial charge in [-0.1, -0.05) is 48.5 Å². The monoisotopic (exact) mass is 547 g/mol. The molecule has 3 aromatic rings. The Labute approximate surface area is 218 Å². The van der Waals surface area contributed by atoms with Crippen LogP contribution < -0.4 is 20.1 Å². The number of hydrogen-bond acceptors (Lipinski definition) is 5. The Balaban J connectivity index is 1.75. The molecule has 2 N–H and O–H groups in total. The number of carbonyl (C=O) groups excluding carboxylic acids is 2. The topological polar surface area (TPSA) is 100 Å². The molecule has 36 heavy (non-hydrogen) atoms. The fourth-order valence-electron chi connectivity index (χ4n) is 3.35. The number of benzene rings is 3. The number of hydrogen-bond donors (Lipinski definition) is 2. The highest BCUT2D eigenvalue weighted by atomic mass is 79.9. The number of carbonyl (C=O) groups is 2. The maximum Gasteiger partial charge on any atom is 0.262 e. The van der Waals surface area contributed by atoms with Gasteiger partial charge in [-0.15, -0.1) is 0 Å². The molecule has 0 aliphatic rings. The number of rotatable bonds is 10. The lowest BCUT2D eigenvalue weighted by molar-refractivity contribution is -0.118. The molecule has 8 heteroatoms. The second-order valence-electron chi connectivity index (χ2n) is 7.74. The van der Waals surface area contributed by atoms with Gasteiger partial charge in [0.2, 0.25) is 0 Å². The molecular formula is C28H26BrN3O4. The Kier molecular flexibility index (Phi) is 9.66. The van der Waals surface area contributed by atoms with Gasteiger partial charge in [0, 0.05) is 5.69 Å². The van der Waals surface area contributed by atoms with Crippen molar-refractivity contribution in [2.75, 3.05) is 18.5 Å². The molecule has 3 aromatic carbocycles. The van der Waals surface area contributed by atoms with Crippen LogP contribution in [0.25, 0.3) is 6.08 Å². The molecule has 0 unspecified atom stereocenters. The third-order valence-corrected chi connectivity index (χ3v) is 5.65. The van der Waals surface area contributed by atoms with Crippen LogP contribution in [-0.2, 0) is 9.59 Å². The first kappa shape index (κ1) is 26.5. The fraction of sp³-hybridized carbons (Fsp3) is 0.179. The van der Waals surface area contributed by atoms with Crippen molar-refractivity contribution < 1.29 is 19.1 Å². The molecular weight excluding hydrogens is 522 g/mol. The minimum absolute atomic E-state index is 0.0527. The molecule has 0 radical (unpaired) electrons. The summed E-state index contributed by atoms with van der Waals surface area (Å²) >= 11 is 3.46. The standard InChI is InChI=1S/C28H26BrN3O4/c1-3-35-25-16-20(14-22(17-30)28(34)31-19(2)21-10-6-4-7-11-21)15-24(29)27(25)36-18-26(33)32-23-12-8-5-9-13-23/h4-16,19H,3,18H2,1-2H3,(H,31,34)(H,32,33)/b22-14-/t19-/m0/s1. The smallest absolute Gasteiger partial charge is 0.262 e. The number of nitrogens with one attached hydrogen (secondary N) is 2. The second kappa shape index (κ2) is 13.1. The summed E-state index contributed by atoms with van der Waals surface area (Å²) in [6.07, 6.45) is 1.48. The third kappa shape index (κ3) is 7.45. The van der Waals surface area contributed by atoms with E-state index in [1.807, 2.05) is 68.4 Å². The Morgan fingerprint density at radius 2 is 1.72 bits per heavy atom. The molecule has 1 atom stereocenters. The first-order chi connectivity index (χ1) is 17.4. The number of nitriles is 1. The molecule has 2 amide bonds. The summed E-state index contributed by atoms with van der Waals surface area (Å²) in [7, 11) is 0. The molecule has 0 aliphatic heterocycles. The van der Waals surface area contributed by atoms with Crippen LogP contribution in [0.2, 0.25) is 0 Å². The van der Waals surface area contributed by atoms with Gasteiger partial charge >= 0.3 is 0 Å². The second-order valence-corrected chi connectivity index (χ2v) is 8.60. The van der Waals surface area contributed by atoms with Crippen LogP contribution in [0.4, 0.5) is 5.69 Å². The van der Waals surface area contributed by atoms with E-state index in [-0.39, 0.29) is 24.1 Å². The van der Waals surface area contributed by atoms with Gasteiger partial charge in [0.25, 0.3) is 11.8 Å². The lowest BCUT2D eigenvalue weighted by Crippen LogP contribution is -2.27. The molecule has 0 aliphatic carbocycles. The normalized spacial score (nSPS) is 11.7. The Hall–Kier alpha value is -4.09. The zero-order valence-corrected chi connectivity index (χ0v) is 21.5. The van der Waals surface area contributed by atoms with E-state index in [0.29, 0.717) is 33.8 Å². The van der Waals surface area contributed by atoms with Gasteiger partial charge in [0.05, 0.1) is 17.1 Å². The SMILES string of the molecule is CCOc1cc(/C=C(/C#N)C(=O)N[C@@H](C)c2ccccc2)cc(Br)c1OCC(=O)Nc1ccccc1. The number of amides is 2. The van der Waals surface area contributed by atoms with Crippen molar-refractivity contribution in [2.24, 2.45) is 0 Å². The van der Waals surface area contributed by atoms with E-state index >= 15 is 0 Å². The largest absolute Gasteiger partial charge is 0.490 e. The summed E-state index contributed by atoms with van der Waals surface area (Å²) in [4.78, 5) is 25.0. The van der Waals surface area contributed by atoms with Crippen molar-refractivity contribution in [3.63, 3.8) is 0 Å². The third-order valence-electron chi connectivity index (χ3n) is 5.06. The van der Waals surface area contributed by atoms with Gasteiger partial charge in [-0.05, 0) is 71.2 Å². The van der Waals surface area contributed by atoms with Gasteiger partial charge in [0.15, 0.2) is 18.1 Å². The van der Waals surface area contributed by atoms with Gasteiger partial charge in [-0.3, -0.25) is 9.59 Å². The van der Waals surface area contributed by atoms with Crippen LogP contribution in [0.3, 0.4) is 0 Å². The highest BCUT2D eigenvalue weighted by Crippen LogP contribution is 2.37. The van der Waals surface area contributed by atoms with E-state index in [1.165, 1.54) is 6.08 Å². The van der Waals surface area contributed by atoms with Crippen molar-refractivity contribution >= 4 is 39.5 Å². The van der Waals surface area contributed by atoms with E-state index in [9.17, 15) is 14.9 Å². The number of para-hydroxylation sites is 1. The zero-order valence-electron chi connectivity index (χ0n) is 20.0. The van der Waals surface area contributed by atoms with Crippen LogP contribution in [-0.4, -0.2) is 25.0 Å². The number of anilines is 1. The summed E-state index contributed by atoms with van der Waals surface area (Å²) in [5.74, 6) is -0.0878. The average molecular weight is 548 g/mol. The van der Waals surface area contributed by atoms with E-state index < -0.39 is 5.91 Å². The van der Waals surface area contributed by atoms with Gasteiger partial charge < -0.3 is 20.1 Å². The lowest BCUT2D eigenvalue weighted by atomic mass is 10.1. The van der Waals surface area contributed by atoms with Crippen molar-refractivity contribution in [3.05, 3.63) is 94.0 Å². The summed E-state index contributed by atoms with van der Waals surface area (Å²) in [5, 5.41) is 15.2. The molecule has 0 aromatic heterocycles. The number of halogens is 1. The molecule has 0 heterocycles. The van der Waals surface area contributed by atoms with E-state index in [1.54, 1.807) is 24.3 Å². The first-order valence-corrected chi connectivity index (χ1v) is 12.1. The molecule has 0 saturated carbocycles. The van der Waals surface area contributed by atoms with Crippen LogP contribution >= 0.6 is 15.9 Å². The van der Waals surface area contributed by atoms with Gasteiger partial charge in [-0.25, -0.2) is 0 Å². The fourth-order valence-corrected chi connectivity index (χ4v) is 3.92. The van der Waals surface area contributed by atoms with Gasteiger partial charge in [0.1, 0.15) is 11.6 Å². The van der Waals surface area contributed by atoms with Crippen molar-refractivity contribution in [2.45, 2.75) is 19.9 Å². The molecule has 0 bridgehead atoms.